The van der Waals surface area contributed by atoms with Gasteiger partial charge in [-0.2, -0.15) is 0 Å². The van der Waals surface area contributed by atoms with Crippen molar-refractivity contribution in [2.45, 2.75) is 13.5 Å². The number of hydrogen-bond acceptors (Lipinski definition) is 1. The van der Waals surface area contributed by atoms with Gasteiger partial charge >= 0.3 is 0 Å². The predicted molar refractivity (Wildman–Crippen MR) is 77.4 cm³/mol. The summed E-state index contributed by atoms with van der Waals surface area (Å²) in [6.45, 7) is 2.61. The molecule has 0 fully saturated rings. The van der Waals surface area contributed by atoms with Gasteiger partial charge in [-0.1, -0.05) is 24.3 Å². The number of para-hydroxylation sites is 1. The predicted octanol–water partition coefficient (Wildman–Crippen LogP) is 4.19. The molecule has 96 valence electrons. The molecular weight excluding hydrogens is 259 g/mol. The largest absolute Gasteiger partial charge is 0.330 e. The number of nitrogens with zero attached hydrogens (tertiary/aromatic N) is 1. The van der Waals surface area contributed by atoms with Crippen LogP contribution >= 0.6 is 12.2 Å². The summed E-state index contributed by atoms with van der Waals surface area (Å²) in [6, 6.07) is 12.7. The van der Waals surface area contributed by atoms with E-state index in [1.54, 1.807) is 6.07 Å². The molecule has 0 aliphatic rings. The van der Waals surface area contributed by atoms with Crippen molar-refractivity contribution in [1.82, 2.24) is 9.55 Å². The van der Waals surface area contributed by atoms with Crippen molar-refractivity contribution < 1.29 is 4.39 Å². The molecule has 1 heterocycles. The number of aromatic nitrogens is 2. The Balaban J connectivity index is 2.13. The normalized spacial score (nSPS) is 11.1. The van der Waals surface area contributed by atoms with Crippen molar-refractivity contribution in [3.8, 4) is 0 Å². The van der Waals surface area contributed by atoms with Crippen LogP contribution in [-0.2, 0) is 6.54 Å². The Bertz CT molecular complexity index is 801. The molecule has 0 radical (unpaired) electrons. The van der Waals surface area contributed by atoms with Crippen LogP contribution in [0.5, 0.6) is 0 Å². The molecule has 3 rings (SSSR count). The van der Waals surface area contributed by atoms with Gasteiger partial charge in [0, 0.05) is 0 Å². The van der Waals surface area contributed by atoms with Gasteiger partial charge in [0.25, 0.3) is 0 Å². The zero-order valence-electron chi connectivity index (χ0n) is 10.5. The number of hydrogen-bond donors (Lipinski definition) is 1. The minimum Gasteiger partial charge on any atom is -0.330 e. The minimum absolute atomic E-state index is 0.222. The smallest absolute Gasteiger partial charge is 0.178 e. The fourth-order valence-corrected chi connectivity index (χ4v) is 2.56. The lowest BCUT2D eigenvalue weighted by Gasteiger charge is -2.05. The molecule has 2 nitrogen and oxygen atoms in total. The Labute approximate surface area is 115 Å². The van der Waals surface area contributed by atoms with Crippen molar-refractivity contribution in [2.75, 3.05) is 0 Å². The maximum Gasteiger partial charge on any atom is 0.178 e. The molecule has 0 bridgehead atoms. The molecule has 3 aromatic rings. The SMILES string of the molecule is Cc1cccc2c1[nH]c(=S)n2Cc1cccc(F)c1. The number of benzene rings is 2. The van der Waals surface area contributed by atoms with Crippen LogP contribution in [0.1, 0.15) is 11.1 Å². The summed E-state index contributed by atoms with van der Waals surface area (Å²) in [4.78, 5) is 3.21. The number of nitrogens with one attached hydrogen (secondary N) is 1. The van der Waals surface area contributed by atoms with E-state index in [0.717, 1.165) is 22.2 Å². The first-order valence-corrected chi connectivity index (χ1v) is 6.48. The number of halogens is 1. The van der Waals surface area contributed by atoms with E-state index in [9.17, 15) is 4.39 Å². The van der Waals surface area contributed by atoms with E-state index in [0.29, 0.717) is 11.3 Å². The molecule has 4 heteroatoms. The third kappa shape index (κ3) is 2.19. The van der Waals surface area contributed by atoms with Gasteiger partial charge < -0.3 is 9.55 Å². The van der Waals surface area contributed by atoms with E-state index in [1.165, 1.54) is 12.1 Å². The summed E-state index contributed by atoms with van der Waals surface area (Å²) >= 11 is 5.36. The summed E-state index contributed by atoms with van der Waals surface area (Å²) in [5, 5.41) is 0. The van der Waals surface area contributed by atoms with Crippen molar-refractivity contribution in [3.05, 3.63) is 64.2 Å². The fourth-order valence-electron chi connectivity index (χ4n) is 2.30. The maximum atomic E-state index is 13.2. The molecule has 0 aliphatic heterocycles. The molecule has 0 unspecified atom stereocenters. The molecule has 1 aromatic heterocycles. The third-order valence-electron chi connectivity index (χ3n) is 3.25. The van der Waals surface area contributed by atoms with E-state index in [-0.39, 0.29) is 5.82 Å². The molecule has 0 spiro atoms. The van der Waals surface area contributed by atoms with Gasteiger partial charge in [0.15, 0.2) is 4.77 Å². The first-order valence-electron chi connectivity index (χ1n) is 6.08. The Kier molecular flexibility index (Phi) is 2.95. The van der Waals surface area contributed by atoms with Gasteiger partial charge in [-0.05, 0) is 48.5 Å². The van der Waals surface area contributed by atoms with E-state index in [2.05, 4.69) is 4.98 Å². The maximum absolute atomic E-state index is 13.2. The fraction of sp³-hybridized carbons (Fsp3) is 0.133. The second-order valence-corrected chi connectivity index (χ2v) is 5.00. The van der Waals surface area contributed by atoms with Gasteiger partial charge in [-0.15, -0.1) is 0 Å². The van der Waals surface area contributed by atoms with Crippen LogP contribution in [0.2, 0.25) is 0 Å². The van der Waals surface area contributed by atoms with Crippen molar-refractivity contribution >= 4 is 23.3 Å². The zero-order valence-corrected chi connectivity index (χ0v) is 11.3. The van der Waals surface area contributed by atoms with Crippen LogP contribution in [0.4, 0.5) is 4.39 Å². The van der Waals surface area contributed by atoms with Crippen LogP contribution in [0.15, 0.2) is 42.5 Å². The highest BCUT2D eigenvalue weighted by Crippen LogP contribution is 2.19. The zero-order chi connectivity index (χ0) is 13.4. The van der Waals surface area contributed by atoms with Crippen LogP contribution < -0.4 is 0 Å². The molecule has 0 aliphatic carbocycles. The number of aromatic amines is 1. The molecule has 2 aromatic carbocycles. The van der Waals surface area contributed by atoms with Gasteiger partial charge in [-0.3, -0.25) is 0 Å². The van der Waals surface area contributed by atoms with Crippen LogP contribution in [-0.4, -0.2) is 9.55 Å². The number of imidazole rings is 1. The van der Waals surface area contributed by atoms with Crippen LogP contribution in [0.3, 0.4) is 0 Å². The summed E-state index contributed by atoms with van der Waals surface area (Å²) in [7, 11) is 0. The summed E-state index contributed by atoms with van der Waals surface area (Å²) in [6.07, 6.45) is 0. The van der Waals surface area contributed by atoms with Crippen molar-refractivity contribution in [2.24, 2.45) is 0 Å². The average Bonchev–Trinajstić information content (AvgIpc) is 2.69. The molecule has 0 amide bonds. The molecule has 0 saturated heterocycles. The Morgan fingerprint density at radius 1 is 1.21 bits per heavy atom. The molecule has 0 saturated carbocycles. The molecule has 19 heavy (non-hydrogen) atoms. The summed E-state index contributed by atoms with van der Waals surface area (Å²) < 4.78 is 15.9. The van der Waals surface area contributed by atoms with Crippen LogP contribution in [0, 0.1) is 17.5 Å². The third-order valence-corrected chi connectivity index (χ3v) is 3.57. The van der Waals surface area contributed by atoms with Gasteiger partial charge in [0.1, 0.15) is 5.82 Å². The lowest BCUT2D eigenvalue weighted by Crippen LogP contribution is -1.99. The Morgan fingerprint density at radius 2 is 2.00 bits per heavy atom. The van der Waals surface area contributed by atoms with E-state index in [4.69, 9.17) is 12.2 Å². The lowest BCUT2D eigenvalue weighted by atomic mass is 10.2. The minimum atomic E-state index is -0.222. The first kappa shape index (κ1) is 12.1. The monoisotopic (exact) mass is 272 g/mol. The highest BCUT2D eigenvalue weighted by Gasteiger charge is 2.06. The summed E-state index contributed by atoms with van der Waals surface area (Å²) in [5.41, 5.74) is 4.15. The molecule has 1 N–H and O–H groups in total. The van der Waals surface area contributed by atoms with Gasteiger partial charge in [0.2, 0.25) is 0 Å². The average molecular weight is 272 g/mol. The van der Waals surface area contributed by atoms with Crippen LogP contribution in [0.25, 0.3) is 11.0 Å². The number of fused-ring (bicyclic) bond motifs is 1. The lowest BCUT2D eigenvalue weighted by molar-refractivity contribution is 0.623. The molecule has 0 atom stereocenters. The van der Waals surface area contributed by atoms with E-state index >= 15 is 0 Å². The number of H-pyrrole nitrogens is 1. The number of aryl methyl sites for hydroxylation is 1. The van der Waals surface area contributed by atoms with Crippen molar-refractivity contribution in [3.63, 3.8) is 0 Å². The highest BCUT2D eigenvalue weighted by molar-refractivity contribution is 7.71. The standard InChI is InChI=1S/C15H13FN2S/c1-10-4-2-7-13-14(10)17-15(19)18(13)9-11-5-3-6-12(16)8-11/h2-8H,9H2,1H3,(H,17,19). The second-order valence-electron chi connectivity index (χ2n) is 4.62. The Hall–Kier alpha value is -1.94. The van der Waals surface area contributed by atoms with E-state index < -0.39 is 0 Å². The van der Waals surface area contributed by atoms with Crippen molar-refractivity contribution in [1.29, 1.82) is 0 Å². The number of rotatable bonds is 2. The van der Waals surface area contributed by atoms with E-state index in [1.807, 2.05) is 35.8 Å². The Morgan fingerprint density at radius 3 is 2.79 bits per heavy atom. The quantitative estimate of drug-likeness (QED) is 0.694. The summed E-state index contributed by atoms with van der Waals surface area (Å²) in [5.74, 6) is -0.222. The van der Waals surface area contributed by atoms with Gasteiger partial charge in [-0.25, -0.2) is 4.39 Å². The molecular formula is C15H13FN2S. The first-order chi connectivity index (χ1) is 9.15. The highest BCUT2D eigenvalue weighted by atomic mass is 32.1. The van der Waals surface area contributed by atoms with Gasteiger partial charge in [0.05, 0.1) is 17.6 Å². The topological polar surface area (TPSA) is 20.7 Å². The second kappa shape index (κ2) is 4.63.